The molecule has 0 saturated heterocycles. The van der Waals surface area contributed by atoms with Crippen LogP contribution in [0.1, 0.15) is 0 Å². The van der Waals surface area contributed by atoms with Crippen molar-refractivity contribution in [1.82, 2.24) is 4.98 Å². The molecule has 0 fully saturated rings. The summed E-state index contributed by atoms with van der Waals surface area (Å²) in [6.07, 6.45) is 1.42. The molecule has 152 valence electrons. The maximum absolute atomic E-state index is 6.36. The van der Waals surface area contributed by atoms with Crippen LogP contribution in [0.4, 0.5) is 5.82 Å². The lowest BCUT2D eigenvalue weighted by atomic mass is 10.0. The van der Waals surface area contributed by atoms with Crippen molar-refractivity contribution in [1.29, 1.82) is 0 Å². The third-order valence-corrected chi connectivity index (χ3v) is 8.45. The standard InChI is InChI=1S/C17H4Cl10N2/c18-7-5(8(19)12(23)15(26)11(7)22)3-1-4(17(28)29-2-3)6-9(20)13(24)16(27)14(25)10(6)21/h1-2H,(H2,28,29). The quantitative estimate of drug-likeness (QED) is 0.238. The van der Waals surface area contributed by atoms with Crippen LogP contribution in [-0.2, 0) is 0 Å². The Morgan fingerprint density at radius 1 is 0.517 bits per heavy atom. The second-order valence-electron chi connectivity index (χ2n) is 5.55. The van der Waals surface area contributed by atoms with Gasteiger partial charge in [0.25, 0.3) is 0 Å². The maximum Gasteiger partial charge on any atom is 0.131 e. The summed E-state index contributed by atoms with van der Waals surface area (Å²) in [6, 6.07) is 1.59. The summed E-state index contributed by atoms with van der Waals surface area (Å²) in [5.74, 6) is 0.0883. The van der Waals surface area contributed by atoms with Gasteiger partial charge < -0.3 is 5.73 Å². The highest BCUT2D eigenvalue weighted by atomic mass is 35.5. The lowest BCUT2D eigenvalue weighted by Gasteiger charge is -2.17. The first-order valence-electron chi connectivity index (χ1n) is 7.28. The molecule has 0 bridgehead atoms. The molecule has 3 aromatic rings. The molecule has 2 nitrogen and oxygen atoms in total. The Morgan fingerprint density at radius 2 is 0.862 bits per heavy atom. The average molecular weight is 591 g/mol. The highest BCUT2D eigenvalue weighted by molar-refractivity contribution is 6.57. The van der Waals surface area contributed by atoms with Crippen LogP contribution < -0.4 is 5.73 Å². The fraction of sp³-hybridized carbons (Fsp3) is 0. The second-order valence-corrected chi connectivity index (χ2v) is 9.33. The van der Waals surface area contributed by atoms with Gasteiger partial charge >= 0.3 is 0 Å². The minimum Gasteiger partial charge on any atom is -0.383 e. The van der Waals surface area contributed by atoms with Gasteiger partial charge in [-0.15, -0.1) is 0 Å². The first-order valence-corrected chi connectivity index (χ1v) is 11.1. The summed E-state index contributed by atoms with van der Waals surface area (Å²) >= 11 is 62.2. The molecule has 1 heterocycles. The first-order chi connectivity index (χ1) is 13.5. The van der Waals surface area contributed by atoms with Gasteiger partial charge in [-0.05, 0) is 6.07 Å². The summed E-state index contributed by atoms with van der Waals surface area (Å²) in [5.41, 5.74) is 7.30. The SMILES string of the molecule is Nc1ncc(-c2c(Cl)c(Cl)c(Cl)c(Cl)c2Cl)cc1-c1c(Cl)c(Cl)c(Cl)c(Cl)c1Cl. The number of rotatable bonds is 2. The van der Waals surface area contributed by atoms with Crippen molar-refractivity contribution in [3.8, 4) is 22.3 Å². The number of halogens is 10. The van der Waals surface area contributed by atoms with Gasteiger partial charge in [-0.3, -0.25) is 0 Å². The van der Waals surface area contributed by atoms with Gasteiger partial charge in [0.2, 0.25) is 0 Å². The summed E-state index contributed by atoms with van der Waals surface area (Å²) in [5, 5.41) is 0.361. The van der Waals surface area contributed by atoms with E-state index in [2.05, 4.69) is 4.98 Å². The van der Waals surface area contributed by atoms with Crippen molar-refractivity contribution in [2.45, 2.75) is 0 Å². The van der Waals surface area contributed by atoms with Crippen molar-refractivity contribution >= 4 is 122 Å². The molecule has 0 amide bonds. The molecule has 2 N–H and O–H groups in total. The second kappa shape index (κ2) is 9.03. The Hall–Kier alpha value is 0.290. The molecular formula is C17H4Cl10N2. The van der Waals surface area contributed by atoms with Crippen LogP contribution in [0, 0.1) is 0 Å². The van der Waals surface area contributed by atoms with Crippen molar-refractivity contribution in [2.24, 2.45) is 0 Å². The van der Waals surface area contributed by atoms with Gasteiger partial charge in [0.05, 0.1) is 50.2 Å². The van der Waals surface area contributed by atoms with Gasteiger partial charge in [-0.1, -0.05) is 116 Å². The molecule has 1 aromatic heterocycles. The van der Waals surface area contributed by atoms with E-state index in [-0.39, 0.29) is 61.6 Å². The Bertz CT molecular complexity index is 1120. The average Bonchev–Trinajstić information content (AvgIpc) is 2.70. The number of nitrogens with zero attached hydrogens (tertiary/aromatic N) is 1. The van der Waals surface area contributed by atoms with E-state index in [0.29, 0.717) is 16.7 Å². The number of anilines is 1. The molecule has 0 aliphatic heterocycles. The minimum absolute atomic E-state index is 0.0104. The minimum atomic E-state index is 0.0104. The zero-order valence-electron chi connectivity index (χ0n) is 13.5. The van der Waals surface area contributed by atoms with Crippen LogP contribution in [0.15, 0.2) is 12.3 Å². The Kier molecular flexibility index (Phi) is 7.46. The number of hydrogen-bond acceptors (Lipinski definition) is 2. The first kappa shape index (κ1) is 23.9. The van der Waals surface area contributed by atoms with E-state index in [4.69, 9.17) is 122 Å². The molecule has 0 atom stereocenters. The van der Waals surface area contributed by atoms with E-state index in [0.717, 1.165) is 0 Å². The number of aromatic nitrogens is 1. The third kappa shape index (κ3) is 4.07. The van der Waals surface area contributed by atoms with Gasteiger partial charge in [-0.2, -0.15) is 0 Å². The molecule has 0 saturated carbocycles. The van der Waals surface area contributed by atoms with E-state index < -0.39 is 0 Å². The topological polar surface area (TPSA) is 38.9 Å². The van der Waals surface area contributed by atoms with E-state index in [1.807, 2.05) is 0 Å². The molecule has 29 heavy (non-hydrogen) atoms. The summed E-state index contributed by atoms with van der Waals surface area (Å²) in [6.45, 7) is 0. The van der Waals surface area contributed by atoms with Crippen LogP contribution in [0.25, 0.3) is 22.3 Å². The number of nitrogen functional groups attached to an aromatic ring is 1. The molecule has 0 unspecified atom stereocenters. The Morgan fingerprint density at radius 3 is 1.28 bits per heavy atom. The highest BCUT2D eigenvalue weighted by Crippen LogP contribution is 2.51. The normalized spacial score (nSPS) is 11.2. The van der Waals surface area contributed by atoms with Crippen molar-refractivity contribution in [3.63, 3.8) is 0 Å². The summed E-state index contributed by atoms with van der Waals surface area (Å²) < 4.78 is 0. The van der Waals surface area contributed by atoms with Crippen LogP contribution >= 0.6 is 116 Å². The lowest BCUT2D eigenvalue weighted by molar-refractivity contribution is 1.33. The van der Waals surface area contributed by atoms with E-state index in [1.165, 1.54) is 6.20 Å². The van der Waals surface area contributed by atoms with E-state index >= 15 is 0 Å². The number of nitrogens with two attached hydrogens (primary N) is 1. The molecule has 12 heteroatoms. The molecular weight excluding hydrogens is 587 g/mol. The highest BCUT2D eigenvalue weighted by Gasteiger charge is 2.25. The van der Waals surface area contributed by atoms with E-state index in [9.17, 15) is 0 Å². The molecule has 0 aliphatic rings. The van der Waals surface area contributed by atoms with Crippen LogP contribution in [0.3, 0.4) is 0 Å². The van der Waals surface area contributed by atoms with Crippen molar-refractivity contribution in [2.75, 3.05) is 5.73 Å². The van der Waals surface area contributed by atoms with Crippen LogP contribution in [-0.4, -0.2) is 4.98 Å². The number of pyridine rings is 1. The van der Waals surface area contributed by atoms with Gasteiger partial charge in [0.1, 0.15) is 5.82 Å². The predicted molar refractivity (Wildman–Crippen MR) is 130 cm³/mol. The maximum atomic E-state index is 6.36. The lowest BCUT2D eigenvalue weighted by Crippen LogP contribution is -1.98. The van der Waals surface area contributed by atoms with Crippen molar-refractivity contribution < 1.29 is 0 Å². The zero-order valence-corrected chi connectivity index (χ0v) is 21.0. The smallest absolute Gasteiger partial charge is 0.131 e. The largest absolute Gasteiger partial charge is 0.383 e. The van der Waals surface area contributed by atoms with Crippen LogP contribution in [0.5, 0.6) is 0 Å². The Labute approximate surface area is 215 Å². The molecule has 2 aromatic carbocycles. The molecule has 0 aliphatic carbocycles. The van der Waals surface area contributed by atoms with Crippen LogP contribution in [0.2, 0.25) is 50.2 Å². The van der Waals surface area contributed by atoms with Crippen molar-refractivity contribution in [3.05, 3.63) is 62.5 Å². The van der Waals surface area contributed by atoms with Gasteiger partial charge in [-0.25, -0.2) is 4.98 Å². The van der Waals surface area contributed by atoms with E-state index in [1.54, 1.807) is 6.07 Å². The predicted octanol–water partition coefficient (Wildman–Crippen LogP) is 10.5. The van der Waals surface area contributed by atoms with Gasteiger partial charge in [0, 0.05) is 28.5 Å². The molecule has 0 spiro atoms. The number of benzene rings is 2. The molecule has 3 rings (SSSR count). The monoisotopic (exact) mass is 586 g/mol. The molecule has 0 radical (unpaired) electrons. The van der Waals surface area contributed by atoms with Gasteiger partial charge in [0.15, 0.2) is 0 Å². The Balaban J connectivity index is 2.37. The third-order valence-electron chi connectivity index (χ3n) is 3.90. The number of hydrogen-bond donors (Lipinski definition) is 1. The zero-order chi connectivity index (χ0) is 21.8. The summed E-state index contributed by atoms with van der Waals surface area (Å²) in [4.78, 5) is 4.16. The summed E-state index contributed by atoms with van der Waals surface area (Å²) in [7, 11) is 0. The fourth-order valence-electron chi connectivity index (χ4n) is 2.51. The fourth-order valence-corrected chi connectivity index (χ4v) is 5.21.